The smallest absolute Gasteiger partial charge is 0.246 e. The number of hydrogen-bond donors (Lipinski definition) is 0. The summed E-state index contributed by atoms with van der Waals surface area (Å²) in [6.07, 6.45) is 7.12. The molecule has 1 amide bonds. The molecule has 0 radical (unpaired) electrons. The first kappa shape index (κ1) is 16.5. The number of aryl methyl sites for hydroxylation is 2. The van der Waals surface area contributed by atoms with E-state index in [1.54, 1.807) is 17.0 Å². The fourth-order valence-electron chi connectivity index (χ4n) is 2.99. The maximum atomic E-state index is 12.3. The van der Waals surface area contributed by atoms with Gasteiger partial charge in [-0.15, -0.1) is 0 Å². The molecular formula is C19H24N4O. The third-order valence-electron chi connectivity index (χ3n) is 4.32. The molecule has 0 spiro atoms. The van der Waals surface area contributed by atoms with Crippen molar-refractivity contribution in [3.8, 4) is 0 Å². The highest BCUT2D eigenvalue weighted by molar-refractivity contribution is 5.91. The summed E-state index contributed by atoms with van der Waals surface area (Å²) in [7, 11) is 1.87. The molecule has 2 aromatic rings. The van der Waals surface area contributed by atoms with E-state index in [0.29, 0.717) is 0 Å². The van der Waals surface area contributed by atoms with Crippen LogP contribution in [0.4, 0.5) is 0 Å². The Bertz CT molecular complexity index is 726. The Balaban J connectivity index is 1.49. The average Bonchev–Trinajstić information content (AvgIpc) is 2.99. The molecule has 1 fully saturated rings. The molecule has 0 unspecified atom stereocenters. The Hall–Kier alpha value is -2.40. The van der Waals surface area contributed by atoms with Gasteiger partial charge in [0.15, 0.2) is 0 Å². The molecule has 126 valence electrons. The van der Waals surface area contributed by atoms with Crippen LogP contribution in [0.25, 0.3) is 6.08 Å². The first-order valence-corrected chi connectivity index (χ1v) is 8.34. The molecule has 1 saturated heterocycles. The second kappa shape index (κ2) is 7.45. The highest BCUT2D eigenvalue weighted by atomic mass is 16.2. The van der Waals surface area contributed by atoms with Gasteiger partial charge < -0.3 is 4.90 Å². The summed E-state index contributed by atoms with van der Waals surface area (Å²) in [5, 5.41) is 4.10. The lowest BCUT2D eigenvalue weighted by Gasteiger charge is -2.34. The zero-order chi connectivity index (χ0) is 16.9. The van der Waals surface area contributed by atoms with Gasteiger partial charge in [-0.05, 0) is 18.6 Å². The molecule has 0 N–H and O–H groups in total. The van der Waals surface area contributed by atoms with Crippen LogP contribution in [0.1, 0.15) is 16.7 Å². The van der Waals surface area contributed by atoms with E-state index in [9.17, 15) is 4.79 Å². The molecule has 1 aliphatic heterocycles. The van der Waals surface area contributed by atoms with Crippen LogP contribution in [0.5, 0.6) is 0 Å². The zero-order valence-corrected chi connectivity index (χ0v) is 14.4. The number of benzene rings is 1. The summed E-state index contributed by atoms with van der Waals surface area (Å²) in [6, 6.07) is 8.62. The van der Waals surface area contributed by atoms with Crippen LogP contribution in [-0.4, -0.2) is 51.7 Å². The van der Waals surface area contributed by atoms with Gasteiger partial charge in [0.1, 0.15) is 0 Å². The number of carbonyl (C=O) groups is 1. The van der Waals surface area contributed by atoms with Gasteiger partial charge in [-0.1, -0.05) is 29.8 Å². The molecule has 1 aromatic heterocycles. The van der Waals surface area contributed by atoms with Crippen molar-refractivity contribution in [2.75, 3.05) is 26.2 Å². The number of rotatable bonds is 4. The fraction of sp³-hybridized carbons (Fsp3) is 0.368. The van der Waals surface area contributed by atoms with E-state index in [2.05, 4.69) is 41.2 Å². The van der Waals surface area contributed by atoms with Crippen molar-refractivity contribution < 1.29 is 4.79 Å². The van der Waals surface area contributed by atoms with E-state index in [0.717, 1.165) is 38.3 Å². The molecular weight excluding hydrogens is 300 g/mol. The Labute approximate surface area is 143 Å². The SMILES string of the molecule is Cc1cccc(CN2CCN(C(=O)C=Cc3cnn(C)c3)CC2)c1. The number of aromatic nitrogens is 2. The van der Waals surface area contributed by atoms with Crippen LogP contribution < -0.4 is 0 Å². The van der Waals surface area contributed by atoms with Crippen LogP contribution in [0, 0.1) is 6.92 Å². The number of nitrogens with zero attached hydrogens (tertiary/aromatic N) is 4. The van der Waals surface area contributed by atoms with E-state index >= 15 is 0 Å². The molecule has 5 nitrogen and oxygen atoms in total. The standard InChI is InChI=1S/C19H24N4O/c1-16-4-3-5-17(12-16)15-22-8-10-23(11-9-22)19(24)7-6-18-13-20-21(2)14-18/h3-7,12-14H,8-11,15H2,1-2H3. The van der Waals surface area contributed by atoms with Gasteiger partial charge >= 0.3 is 0 Å². The Morgan fingerprint density at radius 3 is 2.71 bits per heavy atom. The van der Waals surface area contributed by atoms with Gasteiger partial charge in [-0.3, -0.25) is 14.4 Å². The van der Waals surface area contributed by atoms with Crippen LogP contribution in [-0.2, 0) is 18.4 Å². The van der Waals surface area contributed by atoms with Crippen molar-refractivity contribution >= 4 is 12.0 Å². The molecule has 0 aliphatic carbocycles. The molecule has 1 aliphatic rings. The minimum absolute atomic E-state index is 0.0778. The molecule has 3 rings (SSSR count). The summed E-state index contributed by atoms with van der Waals surface area (Å²) in [6.45, 7) is 6.47. The molecule has 0 saturated carbocycles. The van der Waals surface area contributed by atoms with Crippen molar-refractivity contribution in [2.45, 2.75) is 13.5 Å². The minimum Gasteiger partial charge on any atom is -0.337 e. The molecule has 24 heavy (non-hydrogen) atoms. The maximum absolute atomic E-state index is 12.3. The summed E-state index contributed by atoms with van der Waals surface area (Å²) in [5.74, 6) is 0.0778. The third-order valence-corrected chi connectivity index (χ3v) is 4.32. The van der Waals surface area contributed by atoms with Crippen molar-refractivity contribution in [3.63, 3.8) is 0 Å². The molecule has 5 heteroatoms. The number of piperazine rings is 1. The largest absolute Gasteiger partial charge is 0.337 e. The lowest BCUT2D eigenvalue weighted by atomic mass is 10.1. The number of hydrogen-bond acceptors (Lipinski definition) is 3. The van der Waals surface area contributed by atoms with E-state index in [-0.39, 0.29) is 5.91 Å². The van der Waals surface area contributed by atoms with Crippen molar-refractivity contribution in [2.24, 2.45) is 7.05 Å². The van der Waals surface area contributed by atoms with Crippen molar-refractivity contribution in [1.82, 2.24) is 19.6 Å². The predicted octanol–water partition coefficient (Wildman–Crippen LogP) is 2.09. The third kappa shape index (κ3) is 4.32. The zero-order valence-electron chi connectivity index (χ0n) is 14.4. The Morgan fingerprint density at radius 2 is 2.04 bits per heavy atom. The van der Waals surface area contributed by atoms with Gasteiger partial charge in [0.25, 0.3) is 0 Å². The van der Waals surface area contributed by atoms with Crippen molar-refractivity contribution in [1.29, 1.82) is 0 Å². The van der Waals surface area contributed by atoms with Gasteiger partial charge in [-0.25, -0.2) is 0 Å². The second-order valence-corrected chi connectivity index (χ2v) is 6.37. The quantitative estimate of drug-likeness (QED) is 0.809. The lowest BCUT2D eigenvalue weighted by molar-refractivity contribution is -0.127. The first-order chi connectivity index (χ1) is 11.6. The van der Waals surface area contributed by atoms with E-state index in [1.807, 2.05) is 24.2 Å². The predicted molar refractivity (Wildman–Crippen MR) is 95.3 cm³/mol. The van der Waals surface area contributed by atoms with Crippen molar-refractivity contribution in [3.05, 3.63) is 59.4 Å². The van der Waals surface area contributed by atoms with Crippen LogP contribution >= 0.6 is 0 Å². The van der Waals surface area contributed by atoms with Gasteiger partial charge in [0, 0.05) is 57.6 Å². The average molecular weight is 324 g/mol. The van der Waals surface area contributed by atoms with Gasteiger partial charge in [0.05, 0.1) is 6.20 Å². The lowest BCUT2D eigenvalue weighted by Crippen LogP contribution is -2.47. The molecule has 0 atom stereocenters. The summed E-state index contributed by atoms with van der Waals surface area (Å²) in [4.78, 5) is 16.6. The van der Waals surface area contributed by atoms with Crippen LogP contribution in [0.3, 0.4) is 0 Å². The van der Waals surface area contributed by atoms with Crippen LogP contribution in [0.2, 0.25) is 0 Å². The van der Waals surface area contributed by atoms with Crippen LogP contribution in [0.15, 0.2) is 42.7 Å². The summed E-state index contributed by atoms with van der Waals surface area (Å²) in [5.41, 5.74) is 3.58. The monoisotopic (exact) mass is 324 g/mol. The Kier molecular flexibility index (Phi) is 5.11. The number of carbonyl (C=O) groups excluding carboxylic acids is 1. The van der Waals surface area contributed by atoms with E-state index in [1.165, 1.54) is 11.1 Å². The van der Waals surface area contributed by atoms with Gasteiger partial charge in [0.2, 0.25) is 5.91 Å². The fourth-order valence-corrected chi connectivity index (χ4v) is 2.99. The molecule has 0 bridgehead atoms. The van der Waals surface area contributed by atoms with E-state index < -0.39 is 0 Å². The highest BCUT2D eigenvalue weighted by Crippen LogP contribution is 2.11. The number of amides is 1. The minimum atomic E-state index is 0.0778. The van der Waals surface area contributed by atoms with Gasteiger partial charge in [-0.2, -0.15) is 5.10 Å². The Morgan fingerprint density at radius 1 is 1.25 bits per heavy atom. The first-order valence-electron chi connectivity index (χ1n) is 8.34. The topological polar surface area (TPSA) is 41.4 Å². The highest BCUT2D eigenvalue weighted by Gasteiger charge is 2.19. The molecule has 2 heterocycles. The molecule has 1 aromatic carbocycles. The van der Waals surface area contributed by atoms with E-state index in [4.69, 9.17) is 0 Å². The second-order valence-electron chi connectivity index (χ2n) is 6.37. The maximum Gasteiger partial charge on any atom is 0.246 e. The summed E-state index contributed by atoms with van der Waals surface area (Å²) >= 11 is 0. The normalized spacial score (nSPS) is 16.0. The summed E-state index contributed by atoms with van der Waals surface area (Å²) < 4.78 is 1.73.